The third-order valence-corrected chi connectivity index (χ3v) is 3.74. The minimum atomic E-state index is 0.417. The zero-order valence-corrected chi connectivity index (χ0v) is 12.2. The van der Waals surface area contributed by atoms with Gasteiger partial charge in [-0.15, -0.1) is 12.3 Å². The summed E-state index contributed by atoms with van der Waals surface area (Å²) in [5, 5.41) is 3.52. The number of halogens is 1. The number of benzene rings is 1. The number of nitrogens with one attached hydrogen (secondary N) is 1. The molecule has 0 saturated heterocycles. The van der Waals surface area contributed by atoms with E-state index in [9.17, 15) is 0 Å². The van der Waals surface area contributed by atoms with Crippen LogP contribution in [-0.4, -0.2) is 6.54 Å². The summed E-state index contributed by atoms with van der Waals surface area (Å²) in [5.41, 5.74) is 2.63. The van der Waals surface area contributed by atoms with E-state index in [4.69, 9.17) is 6.42 Å². The van der Waals surface area contributed by atoms with E-state index in [2.05, 4.69) is 59.2 Å². The zero-order valence-electron chi connectivity index (χ0n) is 10.6. The number of hydrogen-bond acceptors (Lipinski definition) is 1. The van der Waals surface area contributed by atoms with E-state index in [1.54, 1.807) is 0 Å². The third-order valence-electron chi connectivity index (χ3n) is 2.85. The minimum absolute atomic E-state index is 0.417. The molecule has 0 heterocycles. The van der Waals surface area contributed by atoms with Crippen LogP contribution in [0.3, 0.4) is 0 Å². The lowest BCUT2D eigenvalue weighted by Gasteiger charge is -2.18. The van der Waals surface area contributed by atoms with Crippen LogP contribution in [0.5, 0.6) is 0 Å². The van der Waals surface area contributed by atoms with E-state index >= 15 is 0 Å². The fourth-order valence-corrected chi connectivity index (χ4v) is 2.17. The van der Waals surface area contributed by atoms with Crippen LogP contribution in [0.4, 0.5) is 0 Å². The van der Waals surface area contributed by atoms with Crippen molar-refractivity contribution < 1.29 is 0 Å². The zero-order chi connectivity index (χ0) is 12.7. The molecule has 92 valence electrons. The maximum absolute atomic E-state index is 5.29. The summed E-state index contributed by atoms with van der Waals surface area (Å²) in [4.78, 5) is 0. The summed E-state index contributed by atoms with van der Waals surface area (Å²) >= 11 is 3.53. The highest BCUT2D eigenvalue weighted by Crippen LogP contribution is 2.24. The van der Waals surface area contributed by atoms with Gasteiger partial charge in [0.2, 0.25) is 0 Å². The first-order chi connectivity index (χ1) is 8.19. The fraction of sp³-hybridized carbons (Fsp3) is 0.467. The first-order valence-electron chi connectivity index (χ1n) is 6.12. The highest BCUT2D eigenvalue weighted by Gasteiger charge is 2.10. The van der Waals surface area contributed by atoms with Crippen molar-refractivity contribution in [3.63, 3.8) is 0 Å². The summed E-state index contributed by atoms with van der Waals surface area (Å²) in [6, 6.07) is 6.96. The molecule has 1 N–H and O–H groups in total. The molecule has 0 aliphatic carbocycles. The Balaban J connectivity index is 2.74. The lowest BCUT2D eigenvalue weighted by Crippen LogP contribution is -2.20. The average molecular weight is 294 g/mol. The van der Waals surface area contributed by atoms with Crippen molar-refractivity contribution in [2.24, 2.45) is 0 Å². The van der Waals surface area contributed by atoms with Crippen LogP contribution in [0.1, 0.15) is 43.4 Å². The fourth-order valence-electron chi connectivity index (χ4n) is 1.93. The number of hydrogen-bond donors (Lipinski definition) is 1. The molecule has 1 aromatic carbocycles. The molecular formula is C15H20BrN. The topological polar surface area (TPSA) is 12.0 Å². The molecule has 2 heteroatoms. The third kappa shape index (κ3) is 4.53. The molecule has 0 spiro atoms. The Morgan fingerprint density at radius 1 is 1.47 bits per heavy atom. The first-order valence-corrected chi connectivity index (χ1v) is 6.91. The van der Waals surface area contributed by atoms with Gasteiger partial charge in [-0.2, -0.15) is 0 Å². The van der Waals surface area contributed by atoms with E-state index < -0.39 is 0 Å². The van der Waals surface area contributed by atoms with Gasteiger partial charge in [0.15, 0.2) is 0 Å². The van der Waals surface area contributed by atoms with E-state index in [0.29, 0.717) is 6.04 Å². The average Bonchev–Trinajstić information content (AvgIpc) is 2.32. The highest BCUT2D eigenvalue weighted by atomic mass is 79.9. The lowest BCUT2D eigenvalue weighted by atomic mass is 9.99. The summed E-state index contributed by atoms with van der Waals surface area (Å²) in [7, 11) is 0. The number of aryl methyl sites for hydroxylation is 1. The van der Waals surface area contributed by atoms with Gasteiger partial charge >= 0.3 is 0 Å². The quantitative estimate of drug-likeness (QED) is 0.612. The molecule has 0 amide bonds. The lowest BCUT2D eigenvalue weighted by molar-refractivity contribution is 0.501. The van der Waals surface area contributed by atoms with Crippen LogP contribution in [0.25, 0.3) is 0 Å². The molecule has 0 radical (unpaired) electrons. The summed E-state index contributed by atoms with van der Waals surface area (Å²) in [5.74, 6) is 2.70. The van der Waals surface area contributed by atoms with Crippen LogP contribution in [0.15, 0.2) is 22.7 Å². The standard InChI is InChI=1S/C15H20BrN/c1-4-6-7-8-15(17-5-2)13-9-10-14(16)12(3)11-13/h1,9-11,15,17H,5-8H2,2-3H3. The van der Waals surface area contributed by atoms with Gasteiger partial charge in [-0.3, -0.25) is 0 Å². The molecule has 0 fully saturated rings. The predicted octanol–water partition coefficient (Wildman–Crippen LogP) is 4.21. The summed E-state index contributed by atoms with van der Waals surface area (Å²) in [6.07, 6.45) is 8.32. The second-order valence-corrected chi connectivity index (χ2v) is 5.07. The Kier molecular flexibility index (Phi) is 6.32. The van der Waals surface area contributed by atoms with Crippen molar-refractivity contribution in [1.82, 2.24) is 5.32 Å². The van der Waals surface area contributed by atoms with Crippen molar-refractivity contribution in [3.05, 3.63) is 33.8 Å². The van der Waals surface area contributed by atoms with E-state index in [-0.39, 0.29) is 0 Å². The molecule has 0 aromatic heterocycles. The minimum Gasteiger partial charge on any atom is -0.310 e. The van der Waals surface area contributed by atoms with Crippen LogP contribution in [0.2, 0.25) is 0 Å². The van der Waals surface area contributed by atoms with Gasteiger partial charge in [0, 0.05) is 16.9 Å². The van der Waals surface area contributed by atoms with Gasteiger partial charge in [-0.05, 0) is 43.5 Å². The Bertz CT molecular complexity index is 392. The van der Waals surface area contributed by atoms with Gasteiger partial charge in [-0.1, -0.05) is 35.0 Å². The van der Waals surface area contributed by atoms with Crippen LogP contribution < -0.4 is 5.32 Å². The predicted molar refractivity (Wildman–Crippen MR) is 78.0 cm³/mol. The number of rotatable bonds is 6. The molecule has 17 heavy (non-hydrogen) atoms. The SMILES string of the molecule is C#CCCCC(NCC)c1ccc(Br)c(C)c1. The van der Waals surface area contributed by atoms with Gasteiger partial charge in [-0.25, -0.2) is 0 Å². The maximum Gasteiger partial charge on any atom is 0.0320 e. The van der Waals surface area contributed by atoms with Crippen molar-refractivity contribution >= 4 is 15.9 Å². The van der Waals surface area contributed by atoms with Crippen LogP contribution in [-0.2, 0) is 0 Å². The molecule has 0 saturated carbocycles. The molecule has 1 rings (SSSR count). The molecule has 0 bridgehead atoms. The van der Waals surface area contributed by atoms with Gasteiger partial charge in [0.05, 0.1) is 0 Å². The van der Waals surface area contributed by atoms with Crippen molar-refractivity contribution in [3.8, 4) is 12.3 Å². The van der Waals surface area contributed by atoms with E-state index in [0.717, 1.165) is 25.8 Å². The van der Waals surface area contributed by atoms with Gasteiger partial charge < -0.3 is 5.32 Å². The van der Waals surface area contributed by atoms with Crippen molar-refractivity contribution in [1.29, 1.82) is 0 Å². The Labute approximate surface area is 113 Å². The highest BCUT2D eigenvalue weighted by molar-refractivity contribution is 9.10. The molecule has 1 aromatic rings. The number of unbranched alkanes of at least 4 members (excludes halogenated alkanes) is 1. The summed E-state index contributed by atoms with van der Waals surface area (Å²) in [6.45, 7) is 5.24. The second kappa shape index (κ2) is 7.53. The smallest absolute Gasteiger partial charge is 0.0320 e. The Morgan fingerprint density at radius 2 is 2.24 bits per heavy atom. The Hall–Kier alpha value is -0.780. The normalized spacial score (nSPS) is 12.1. The van der Waals surface area contributed by atoms with Crippen LogP contribution in [0, 0.1) is 19.3 Å². The van der Waals surface area contributed by atoms with Gasteiger partial charge in [0.1, 0.15) is 0 Å². The van der Waals surface area contributed by atoms with Crippen molar-refractivity contribution in [2.45, 2.75) is 39.2 Å². The molecule has 1 nitrogen and oxygen atoms in total. The maximum atomic E-state index is 5.29. The number of terminal acetylenes is 1. The van der Waals surface area contributed by atoms with Gasteiger partial charge in [0.25, 0.3) is 0 Å². The van der Waals surface area contributed by atoms with E-state index in [1.165, 1.54) is 15.6 Å². The largest absolute Gasteiger partial charge is 0.310 e. The first kappa shape index (κ1) is 14.3. The Morgan fingerprint density at radius 3 is 2.82 bits per heavy atom. The summed E-state index contributed by atoms with van der Waals surface area (Å²) < 4.78 is 1.17. The molecule has 1 unspecified atom stereocenters. The molecule has 0 aliphatic rings. The molecule has 1 atom stereocenters. The van der Waals surface area contributed by atoms with Crippen LogP contribution >= 0.6 is 15.9 Å². The van der Waals surface area contributed by atoms with E-state index in [1.807, 2.05) is 0 Å². The monoisotopic (exact) mass is 293 g/mol. The van der Waals surface area contributed by atoms with Crippen molar-refractivity contribution in [2.75, 3.05) is 6.54 Å². The second-order valence-electron chi connectivity index (χ2n) is 4.22. The molecular weight excluding hydrogens is 274 g/mol. The molecule has 0 aliphatic heterocycles.